The van der Waals surface area contributed by atoms with Gasteiger partial charge in [-0.3, -0.25) is 19.8 Å². The average molecular weight is 507 g/mol. The number of carbonyl (C=O) groups excluding carboxylic acids is 2. The van der Waals surface area contributed by atoms with Gasteiger partial charge in [0.05, 0.1) is 5.69 Å². The number of carbonyl (C=O) groups is 2. The molecule has 3 aliphatic rings. The van der Waals surface area contributed by atoms with Gasteiger partial charge in [0.15, 0.2) is 6.20 Å². The van der Waals surface area contributed by atoms with Gasteiger partial charge in [-0.2, -0.15) is 0 Å². The number of imide groups is 1. The zero-order valence-electron chi connectivity index (χ0n) is 20.6. The summed E-state index contributed by atoms with van der Waals surface area (Å²) in [7, 11) is 0. The number of aromatic nitrogens is 1. The molecule has 0 radical (unpaired) electrons. The van der Waals surface area contributed by atoms with Crippen LogP contribution in [-0.4, -0.2) is 83.7 Å². The van der Waals surface area contributed by atoms with Crippen molar-refractivity contribution in [3.05, 3.63) is 52.2 Å². The van der Waals surface area contributed by atoms with Crippen LogP contribution in [0.15, 0.2) is 36.5 Å². The summed E-state index contributed by atoms with van der Waals surface area (Å²) in [6, 6.07) is 8.93. The Balaban J connectivity index is 1.20. The highest BCUT2D eigenvalue weighted by atomic mass is 16.6. The minimum absolute atomic E-state index is 0.146. The van der Waals surface area contributed by atoms with E-state index >= 15 is 0 Å². The third kappa shape index (κ3) is 5.10. The van der Waals surface area contributed by atoms with Gasteiger partial charge in [-0.15, -0.1) is 0 Å². The molecule has 0 bridgehead atoms. The first-order valence-electron chi connectivity index (χ1n) is 12.4. The van der Waals surface area contributed by atoms with Crippen LogP contribution in [0.5, 0.6) is 0 Å². The minimum atomic E-state index is -0.504. The second kappa shape index (κ2) is 10.1. The van der Waals surface area contributed by atoms with E-state index < -0.39 is 11.0 Å². The number of nitrogens with one attached hydrogen (secondary N) is 3. The van der Waals surface area contributed by atoms with Crippen LogP contribution in [0.25, 0.3) is 0 Å². The smallest absolute Gasteiger partial charge is 0.363 e. The Morgan fingerprint density at radius 1 is 1.14 bits per heavy atom. The van der Waals surface area contributed by atoms with Gasteiger partial charge < -0.3 is 30.6 Å². The largest absolute Gasteiger partial charge is 0.373 e. The Morgan fingerprint density at radius 3 is 2.51 bits per heavy atom. The zero-order valence-corrected chi connectivity index (χ0v) is 20.6. The Morgan fingerprint density at radius 2 is 1.89 bits per heavy atom. The Labute approximate surface area is 214 Å². The molecule has 1 atom stereocenters. The summed E-state index contributed by atoms with van der Waals surface area (Å²) in [5.74, 6) is -0.729. The number of piperidine rings is 1. The number of hydrogen-bond acceptors (Lipinski definition) is 10. The molecular formula is C25H30N8O4. The number of pyridine rings is 1. The fourth-order valence-corrected chi connectivity index (χ4v) is 5.24. The van der Waals surface area contributed by atoms with E-state index in [9.17, 15) is 19.7 Å². The van der Waals surface area contributed by atoms with Crippen LogP contribution in [0, 0.1) is 15.5 Å². The van der Waals surface area contributed by atoms with E-state index in [0.29, 0.717) is 24.6 Å². The lowest BCUT2D eigenvalue weighted by Crippen LogP contribution is -2.63. The predicted octanol–water partition coefficient (Wildman–Crippen LogP) is 1.61. The van der Waals surface area contributed by atoms with Gasteiger partial charge in [-0.05, 0) is 41.5 Å². The summed E-state index contributed by atoms with van der Waals surface area (Å²) in [6.45, 7) is 6.87. The van der Waals surface area contributed by atoms with Crippen molar-refractivity contribution in [3.8, 4) is 0 Å². The normalized spacial score (nSPS) is 20.8. The standard InChI is InChI=1S/C25H30N8O4/c1-16(26)24-19(28-20-6-8-23(34)29-25(20)35)3-2-4-21(24)31-11-9-30(10-12-31)18-14-32(15-18)17-5-7-22(27-13-17)33(36)37/h2-5,7,13,18,20,26,28H,6,8-12,14-15H2,1H3,(H,29,34,35). The topological polar surface area (TPSA) is 148 Å². The summed E-state index contributed by atoms with van der Waals surface area (Å²) < 4.78 is 0. The van der Waals surface area contributed by atoms with E-state index in [0.717, 1.165) is 61.9 Å². The minimum Gasteiger partial charge on any atom is -0.373 e. The second-order valence-electron chi connectivity index (χ2n) is 9.69. The van der Waals surface area contributed by atoms with Crippen LogP contribution >= 0.6 is 0 Å². The van der Waals surface area contributed by atoms with Crippen LogP contribution in [0.1, 0.15) is 25.3 Å². The molecule has 3 N–H and O–H groups in total. The second-order valence-corrected chi connectivity index (χ2v) is 9.69. The molecule has 3 saturated heterocycles. The molecule has 37 heavy (non-hydrogen) atoms. The van der Waals surface area contributed by atoms with Crippen LogP contribution < -0.4 is 20.4 Å². The third-order valence-corrected chi connectivity index (χ3v) is 7.30. The fraction of sp³-hybridized carbons (Fsp3) is 0.440. The van der Waals surface area contributed by atoms with E-state index in [4.69, 9.17) is 5.41 Å². The molecule has 0 aliphatic carbocycles. The van der Waals surface area contributed by atoms with E-state index in [1.165, 1.54) is 6.07 Å². The van der Waals surface area contributed by atoms with E-state index in [1.54, 1.807) is 19.2 Å². The number of rotatable bonds is 7. The molecule has 1 aromatic heterocycles. The number of hydrogen-bond donors (Lipinski definition) is 3. The predicted molar refractivity (Wildman–Crippen MR) is 139 cm³/mol. The number of benzene rings is 1. The summed E-state index contributed by atoms with van der Waals surface area (Å²) in [6.07, 6.45) is 2.28. The molecule has 12 heteroatoms. The van der Waals surface area contributed by atoms with Crippen LogP contribution in [0.2, 0.25) is 0 Å². The molecule has 1 unspecified atom stereocenters. The number of piperazine rings is 1. The van der Waals surface area contributed by atoms with Gasteiger partial charge >= 0.3 is 5.82 Å². The Kier molecular flexibility index (Phi) is 6.74. The quantitative estimate of drug-likeness (QED) is 0.220. The molecule has 1 aromatic carbocycles. The highest BCUT2D eigenvalue weighted by Crippen LogP contribution is 2.31. The van der Waals surface area contributed by atoms with Gasteiger partial charge in [0.2, 0.25) is 11.8 Å². The molecule has 12 nitrogen and oxygen atoms in total. The van der Waals surface area contributed by atoms with Crippen molar-refractivity contribution < 1.29 is 14.5 Å². The number of nitro groups is 1. The van der Waals surface area contributed by atoms with Gasteiger partial charge in [0.1, 0.15) is 6.04 Å². The summed E-state index contributed by atoms with van der Waals surface area (Å²) in [4.78, 5) is 44.9. The first-order valence-corrected chi connectivity index (χ1v) is 12.4. The number of nitrogens with zero attached hydrogens (tertiary/aromatic N) is 5. The average Bonchev–Trinajstić information content (AvgIpc) is 2.85. The Bertz CT molecular complexity index is 1220. The van der Waals surface area contributed by atoms with Crippen molar-refractivity contribution in [2.75, 3.05) is 54.4 Å². The monoisotopic (exact) mass is 506 g/mol. The van der Waals surface area contributed by atoms with Crippen LogP contribution in [0.3, 0.4) is 0 Å². The van der Waals surface area contributed by atoms with Crippen molar-refractivity contribution in [1.29, 1.82) is 5.41 Å². The highest BCUT2D eigenvalue weighted by Gasteiger charge is 2.35. The molecule has 5 rings (SSSR count). The van der Waals surface area contributed by atoms with E-state index in [2.05, 4.69) is 30.3 Å². The maximum Gasteiger partial charge on any atom is 0.363 e. The van der Waals surface area contributed by atoms with E-state index in [-0.39, 0.29) is 17.6 Å². The maximum atomic E-state index is 12.3. The highest BCUT2D eigenvalue weighted by molar-refractivity contribution is 6.08. The molecule has 0 spiro atoms. The van der Waals surface area contributed by atoms with Crippen LogP contribution in [0.4, 0.5) is 22.9 Å². The first-order chi connectivity index (χ1) is 17.8. The molecule has 2 aromatic rings. The first kappa shape index (κ1) is 24.6. The number of amides is 2. The lowest BCUT2D eigenvalue weighted by molar-refractivity contribution is -0.389. The van der Waals surface area contributed by atoms with Gasteiger partial charge in [0, 0.05) is 80.4 Å². The SMILES string of the molecule is CC(=N)c1c(NC2CCC(=O)NC2=O)cccc1N1CCN(C2CN(c3ccc([N+](=O)[O-])nc3)C2)CC1. The number of anilines is 3. The summed E-state index contributed by atoms with van der Waals surface area (Å²) in [5.41, 5.74) is 3.79. The van der Waals surface area contributed by atoms with Crippen LogP contribution in [-0.2, 0) is 9.59 Å². The zero-order chi connectivity index (χ0) is 26.1. The lowest BCUT2D eigenvalue weighted by Gasteiger charge is -2.49. The van der Waals surface area contributed by atoms with Crippen molar-refractivity contribution in [1.82, 2.24) is 15.2 Å². The summed E-state index contributed by atoms with van der Waals surface area (Å²) in [5, 5.41) is 24.9. The molecular weight excluding hydrogens is 476 g/mol. The third-order valence-electron chi connectivity index (χ3n) is 7.30. The van der Waals surface area contributed by atoms with Gasteiger partial charge in [-0.25, -0.2) is 0 Å². The molecule has 3 aliphatic heterocycles. The fourth-order valence-electron chi connectivity index (χ4n) is 5.24. The lowest BCUT2D eigenvalue weighted by atomic mass is 10.0. The molecule has 0 saturated carbocycles. The van der Waals surface area contributed by atoms with E-state index in [1.807, 2.05) is 18.2 Å². The van der Waals surface area contributed by atoms with Crippen molar-refractivity contribution in [3.63, 3.8) is 0 Å². The molecule has 2 amide bonds. The van der Waals surface area contributed by atoms with Gasteiger partial charge in [-0.1, -0.05) is 6.07 Å². The maximum absolute atomic E-state index is 12.3. The molecule has 4 heterocycles. The van der Waals surface area contributed by atoms with Crippen molar-refractivity contribution in [2.45, 2.75) is 31.8 Å². The molecule has 3 fully saturated rings. The van der Waals surface area contributed by atoms with Gasteiger partial charge in [0.25, 0.3) is 0 Å². The molecule has 194 valence electrons. The summed E-state index contributed by atoms with van der Waals surface area (Å²) >= 11 is 0. The van der Waals surface area contributed by atoms with Crippen molar-refractivity contribution >= 4 is 40.4 Å². The Hall–Kier alpha value is -4.06. The van der Waals surface area contributed by atoms with Crippen molar-refractivity contribution in [2.24, 2.45) is 0 Å².